The van der Waals surface area contributed by atoms with Crippen molar-refractivity contribution >= 4 is 29.2 Å². The summed E-state index contributed by atoms with van der Waals surface area (Å²) in [4.78, 5) is 28.4. The summed E-state index contributed by atoms with van der Waals surface area (Å²) in [5, 5.41) is 13.9. The predicted octanol–water partition coefficient (Wildman–Crippen LogP) is 3.84. The molecule has 3 aliphatic rings. The molecule has 1 saturated carbocycles. The van der Waals surface area contributed by atoms with Crippen LogP contribution >= 0.6 is 0 Å². The minimum Gasteiger partial charge on any atom is -0.329 e. The minimum absolute atomic E-state index is 0.164. The molecular weight excluding hydrogens is 435 g/mol. The lowest BCUT2D eigenvalue weighted by Gasteiger charge is -2.27. The molecule has 34 heavy (non-hydrogen) atoms. The van der Waals surface area contributed by atoms with Crippen molar-refractivity contribution in [1.29, 1.82) is 0 Å². The Balaban J connectivity index is 1.27. The number of nitrogens with one attached hydrogen (secondary N) is 3. The van der Waals surface area contributed by atoms with Crippen LogP contribution in [0.15, 0.2) is 24.4 Å². The van der Waals surface area contributed by atoms with Gasteiger partial charge < -0.3 is 15.5 Å². The van der Waals surface area contributed by atoms with Crippen LogP contribution in [-0.4, -0.2) is 43.6 Å². The van der Waals surface area contributed by atoms with Gasteiger partial charge >= 0.3 is 0 Å². The van der Waals surface area contributed by atoms with Gasteiger partial charge in [0.05, 0.1) is 17.6 Å². The van der Waals surface area contributed by atoms with Crippen LogP contribution < -0.4 is 15.5 Å². The van der Waals surface area contributed by atoms with Crippen molar-refractivity contribution in [3.63, 3.8) is 0 Å². The molecule has 176 valence electrons. The zero-order chi connectivity index (χ0) is 23.1. The molecule has 6 rings (SSSR count). The Hall–Kier alpha value is -3.56. The SMILES string of the molecule is O=C(Nc1ccc(F)nc1)C1CCCN1c1nc2c(c(Nc3cc(C4CC4)[nH]n3)n1)CCCC2. The fourth-order valence-electron chi connectivity index (χ4n) is 4.89. The molecule has 1 aliphatic heterocycles. The van der Waals surface area contributed by atoms with Gasteiger partial charge in [0.15, 0.2) is 5.82 Å². The monoisotopic (exact) mass is 462 g/mol. The quantitative estimate of drug-likeness (QED) is 0.477. The van der Waals surface area contributed by atoms with E-state index in [0.717, 1.165) is 60.7 Å². The summed E-state index contributed by atoms with van der Waals surface area (Å²) in [6.45, 7) is 0.701. The summed E-state index contributed by atoms with van der Waals surface area (Å²) >= 11 is 0. The number of H-pyrrole nitrogens is 1. The van der Waals surface area contributed by atoms with Crippen molar-refractivity contribution in [3.8, 4) is 0 Å². The van der Waals surface area contributed by atoms with Crippen LogP contribution in [0.5, 0.6) is 0 Å². The molecule has 1 unspecified atom stereocenters. The highest BCUT2D eigenvalue weighted by molar-refractivity contribution is 5.96. The van der Waals surface area contributed by atoms with E-state index in [-0.39, 0.29) is 5.91 Å². The fourth-order valence-corrected chi connectivity index (χ4v) is 4.89. The lowest BCUT2D eigenvalue weighted by Crippen LogP contribution is -2.41. The van der Waals surface area contributed by atoms with Gasteiger partial charge in [-0.25, -0.2) is 9.97 Å². The highest BCUT2D eigenvalue weighted by atomic mass is 19.1. The molecule has 2 fully saturated rings. The Labute approximate surface area is 196 Å². The number of hydrogen-bond donors (Lipinski definition) is 3. The van der Waals surface area contributed by atoms with Gasteiger partial charge in [-0.15, -0.1) is 0 Å². The van der Waals surface area contributed by atoms with Crippen molar-refractivity contribution in [1.82, 2.24) is 25.1 Å². The molecule has 2 aliphatic carbocycles. The average molecular weight is 463 g/mol. The van der Waals surface area contributed by atoms with Crippen molar-refractivity contribution in [3.05, 3.63) is 47.3 Å². The van der Waals surface area contributed by atoms with Crippen LogP contribution in [0.25, 0.3) is 0 Å². The van der Waals surface area contributed by atoms with Gasteiger partial charge in [0.25, 0.3) is 0 Å². The lowest BCUT2D eigenvalue weighted by molar-refractivity contribution is -0.117. The molecular formula is C24H27FN8O. The second-order valence-corrected chi connectivity index (χ2v) is 9.32. The third kappa shape index (κ3) is 4.20. The van der Waals surface area contributed by atoms with E-state index < -0.39 is 12.0 Å². The summed E-state index contributed by atoms with van der Waals surface area (Å²) in [6, 6.07) is 4.41. The number of nitrogens with zero attached hydrogens (tertiary/aromatic N) is 5. The smallest absolute Gasteiger partial charge is 0.247 e. The number of carbonyl (C=O) groups is 1. The third-order valence-corrected chi connectivity index (χ3v) is 6.84. The van der Waals surface area contributed by atoms with E-state index in [1.54, 1.807) is 0 Å². The zero-order valence-corrected chi connectivity index (χ0v) is 18.9. The van der Waals surface area contributed by atoms with Gasteiger partial charge in [-0.1, -0.05) is 0 Å². The third-order valence-electron chi connectivity index (χ3n) is 6.84. The first-order valence-corrected chi connectivity index (χ1v) is 12.1. The summed E-state index contributed by atoms with van der Waals surface area (Å²) in [5.41, 5.74) is 3.82. The molecule has 0 aromatic carbocycles. The van der Waals surface area contributed by atoms with E-state index in [4.69, 9.17) is 9.97 Å². The van der Waals surface area contributed by atoms with Crippen molar-refractivity contribution in [2.24, 2.45) is 0 Å². The molecule has 4 heterocycles. The standard InChI is InChI=1S/C24H27FN8O/c25-20-10-9-15(13-26-20)27-23(34)19-6-3-11-33(19)24-28-17-5-2-1-4-16(17)22(30-24)29-21-12-18(31-32-21)14-7-8-14/h9-10,12-14,19H,1-8,11H2,(H,27,34)(H2,28,29,30,31,32). The Morgan fingerprint density at radius 2 is 2.00 bits per heavy atom. The average Bonchev–Trinajstić information content (AvgIpc) is 3.38. The molecule has 1 atom stereocenters. The summed E-state index contributed by atoms with van der Waals surface area (Å²) in [6.07, 6.45) is 9.35. The highest BCUT2D eigenvalue weighted by Crippen LogP contribution is 2.40. The second-order valence-electron chi connectivity index (χ2n) is 9.32. The number of halogens is 1. The molecule has 3 N–H and O–H groups in total. The van der Waals surface area contributed by atoms with Gasteiger partial charge in [0.1, 0.15) is 11.9 Å². The van der Waals surface area contributed by atoms with E-state index in [9.17, 15) is 9.18 Å². The summed E-state index contributed by atoms with van der Waals surface area (Å²) in [5.74, 6) is 1.96. The molecule has 0 radical (unpaired) electrons. The fraction of sp³-hybridized carbons (Fsp3) is 0.458. The Morgan fingerprint density at radius 3 is 2.82 bits per heavy atom. The number of fused-ring (bicyclic) bond motifs is 1. The number of carbonyl (C=O) groups excluding carboxylic acids is 1. The molecule has 9 nitrogen and oxygen atoms in total. The first kappa shape index (κ1) is 21.0. The Morgan fingerprint density at radius 1 is 1.12 bits per heavy atom. The molecule has 10 heteroatoms. The van der Waals surface area contributed by atoms with Crippen LogP contribution in [0.3, 0.4) is 0 Å². The van der Waals surface area contributed by atoms with Crippen molar-refractivity contribution < 1.29 is 9.18 Å². The summed E-state index contributed by atoms with van der Waals surface area (Å²) in [7, 11) is 0. The Kier molecular flexibility index (Phi) is 5.35. The van der Waals surface area contributed by atoms with Crippen LogP contribution in [0.1, 0.15) is 61.4 Å². The molecule has 0 bridgehead atoms. The minimum atomic E-state index is -0.579. The number of hydrogen-bond acceptors (Lipinski definition) is 7. The van der Waals surface area contributed by atoms with E-state index >= 15 is 0 Å². The summed E-state index contributed by atoms with van der Waals surface area (Å²) < 4.78 is 13.1. The van der Waals surface area contributed by atoms with E-state index in [1.807, 2.05) is 4.90 Å². The number of rotatable bonds is 6. The number of aromatic amines is 1. The number of aromatic nitrogens is 5. The molecule has 0 spiro atoms. The predicted molar refractivity (Wildman–Crippen MR) is 126 cm³/mol. The molecule has 3 aromatic heterocycles. The lowest BCUT2D eigenvalue weighted by atomic mass is 9.96. The molecule has 1 amide bonds. The normalized spacial score (nSPS) is 19.7. The van der Waals surface area contributed by atoms with Crippen molar-refractivity contribution in [2.45, 2.75) is 63.3 Å². The van der Waals surface area contributed by atoms with Crippen molar-refractivity contribution in [2.75, 3.05) is 22.1 Å². The van der Waals surface area contributed by atoms with Crippen LogP contribution in [0, 0.1) is 5.95 Å². The maximum absolute atomic E-state index is 13.1. The van der Waals surface area contributed by atoms with E-state index in [1.165, 1.54) is 31.2 Å². The largest absolute Gasteiger partial charge is 0.329 e. The zero-order valence-electron chi connectivity index (χ0n) is 18.9. The van der Waals surface area contributed by atoms with E-state index in [0.29, 0.717) is 30.5 Å². The number of amides is 1. The maximum atomic E-state index is 13.1. The first-order chi connectivity index (χ1) is 16.6. The van der Waals surface area contributed by atoms with Crippen LogP contribution in [-0.2, 0) is 17.6 Å². The topological polar surface area (TPSA) is 112 Å². The van der Waals surface area contributed by atoms with Crippen LogP contribution in [0.2, 0.25) is 0 Å². The van der Waals surface area contributed by atoms with Gasteiger partial charge in [-0.05, 0) is 63.5 Å². The van der Waals surface area contributed by atoms with Crippen LogP contribution in [0.4, 0.5) is 27.7 Å². The van der Waals surface area contributed by atoms with Gasteiger partial charge in [0.2, 0.25) is 17.8 Å². The van der Waals surface area contributed by atoms with Gasteiger partial charge in [0, 0.05) is 29.8 Å². The molecule has 1 saturated heterocycles. The number of aryl methyl sites for hydroxylation is 1. The second kappa shape index (κ2) is 8.66. The highest BCUT2D eigenvalue weighted by Gasteiger charge is 2.34. The number of pyridine rings is 1. The Bertz CT molecular complexity index is 1210. The van der Waals surface area contributed by atoms with Gasteiger partial charge in [-0.2, -0.15) is 14.5 Å². The molecule has 3 aromatic rings. The maximum Gasteiger partial charge on any atom is 0.247 e. The van der Waals surface area contributed by atoms with Gasteiger partial charge in [-0.3, -0.25) is 9.89 Å². The number of anilines is 4. The van der Waals surface area contributed by atoms with E-state index in [2.05, 4.69) is 31.9 Å². The first-order valence-electron chi connectivity index (χ1n) is 12.1.